The lowest BCUT2D eigenvalue weighted by atomic mass is 10.0. The van der Waals surface area contributed by atoms with Crippen molar-refractivity contribution in [2.24, 2.45) is 23.3 Å². The Bertz CT molecular complexity index is 433. The van der Waals surface area contributed by atoms with Crippen LogP contribution in [-0.2, 0) is 14.4 Å². The molecule has 0 bridgehead atoms. The van der Waals surface area contributed by atoms with E-state index in [0.29, 0.717) is 6.54 Å². The van der Waals surface area contributed by atoms with Gasteiger partial charge in [0, 0.05) is 6.61 Å². The molecular weight excluding hydrogens is 370 g/mol. The Morgan fingerprint density at radius 3 is 1.54 bits per heavy atom. The van der Waals surface area contributed by atoms with E-state index in [1.807, 2.05) is 20.8 Å². The Morgan fingerprint density at radius 1 is 0.893 bits per heavy atom. The summed E-state index contributed by atoms with van der Waals surface area (Å²) in [4.78, 5) is 30.6. The number of carbonyl (C=O) groups is 3. The molecule has 0 aromatic heterocycles. The maximum Gasteiger partial charge on any atom is 0.320 e. The van der Waals surface area contributed by atoms with Crippen LogP contribution in [0.4, 0.5) is 0 Å². The largest absolute Gasteiger partial charge is 0.480 e. The van der Waals surface area contributed by atoms with Gasteiger partial charge in [-0.15, -0.1) is 0 Å². The van der Waals surface area contributed by atoms with Crippen molar-refractivity contribution in [1.29, 1.82) is 0 Å². The normalized spacial score (nSPS) is 14.5. The summed E-state index contributed by atoms with van der Waals surface area (Å²) in [6.07, 6.45) is 1.98. The van der Waals surface area contributed by atoms with Gasteiger partial charge in [-0.3, -0.25) is 14.4 Å². The molecule has 0 aliphatic heterocycles. The number of carboxylic acid groups (broad SMARTS) is 3. The second-order valence-electron chi connectivity index (χ2n) is 6.71. The van der Waals surface area contributed by atoms with Gasteiger partial charge in [-0.25, -0.2) is 0 Å². The van der Waals surface area contributed by atoms with Crippen LogP contribution in [0.1, 0.15) is 53.9 Å². The van der Waals surface area contributed by atoms with Gasteiger partial charge in [-0.1, -0.05) is 41.0 Å². The summed E-state index contributed by atoms with van der Waals surface area (Å²) < 4.78 is 0. The third-order valence-electron chi connectivity index (χ3n) is 3.90. The van der Waals surface area contributed by atoms with Crippen LogP contribution < -0.4 is 16.8 Å². The van der Waals surface area contributed by atoms with E-state index in [2.05, 4.69) is 5.32 Å². The molecule has 0 aliphatic carbocycles. The van der Waals surface area contributed by atoms with E-state index in [-0.39, 0.29) is 24.9 Å². The zero-order valence-corrected chi connectivity index (χ0v) is 17.6. The summed E-state index contributed by atoms with van der Waals surface area (Å²) in [5.41, 5.74) is 10.4. The van der Waals surface area contributed by atoms with Crippen LogP contribution in [0.3, 0.4) is 0 Å². The zero-order valence-electron chi connectivity index (χ0n) is 17.6. The number of nitrogens with two attached hydrogens (primary N) is 2. The molecule has 168 valence electrons. The average molecular weight is 410 g/mol. The van der Waals surface area contributed by atoms with Crippen molar-refractivity contribution in [3.63, 3.8) is 0 Å². The summed E-state index contributed by atoms with van der Waals surface area (Å²) in [5, 5.41) is 36.4. The van der Waals surface area contributed by atoms with Gasteiger partial charge in [0.05, 0.1) is 0 Å². The van der Waals surface area contributed by atoms with E-state index in [1.165, 1.54) is 0 Å². The minimum absolute atomic E-state index is 0.0208. The van der Waals surface area contributed by atoms with Crippen LogP contribution >= 0.6 is 0 Å². The molecule has 0 aliphatic rings. The van der Waals surface area contributed by atoms with E-state index in [1.54, 1.807) is 13.8 Å². The maximum atomic E-state index is 10.4. The Hall–Kier alpha value is -1.75. The van der Waals surface area contributed by atoms with Crippen molar-refractivity contribution >= 4 is 17.9 Å². The number of hydrogen-bond donors (Lipinski definition) is 7. The summed E-state index contributed by atoms with van der Waals surface area (Å²) in [6.45, 7) is 9.86. The van der Waals surface area contributed by atoms with Crippen molar-refractivity contribution in [2.75, 3.05) is 13.2 Å². The molecule has 0 heterocycles. The number of carboxylic acids is 3. The smallest absolute Gasteiger partial charge is 0.320 e. The highest BCUT2D eigenvalue weighted by Gasteiger charge is 2.17. The highest BCUT2D eigenvalue weighted by molar-refractivity contribution is 5.74. The number of aliphatic carboxylic acids is 3. The monoisotopic (exact) mass is 409 g/mol. The lowest BCUT2D eigenvalue weighted by Gasteiger charge is -2.11. The molecule has 0 aromatic rings. The van der Waals surface area contributed by atoms with Gasteiger partial charge in [0.2, 0.25) is 0 Å². The van der Waals surface area contributed by atoms with Crippen molar-refractivity contribution in [1.82, 2.24) is 5.32 Å². The van der Waals surface area contributed by atoms with Crippen LogP contribution in [0.15, 0.2) is 0 Å². The first-order valence-electron chi connectivity index (χ1n) is 9.40. The first kappa shape index (κ1) is 31.0. The number of aliphatic hydroxyl groups is 1. The lowest BCUT2D eigenvalue weighted by Crippen LogP contribution is -2.37. The summed E-state index contributed by atoms with van der Waals surface area (Å²) in [7, 11) is 0. The van der Waals surface area contributed by atoms with E-state index in [4.69, 9.17) is 31.9 Å². The molecule has 0 rings (SSSR count). The maximum absolute atomic E-state index is 10.4. The van der Waals surface area contributed by atoms with Gasteiger partial charge < -0.3 is 37.2 Å². The lowest BCUT2D eigenvalue weighted by molar-refractivity contribution is -0.140. The molecular formula is C18H39N3O7. The Labute approximate surface area is 167 Å². The quantitative estimate of drug-likeness (QED) is 0.249. The van der Waals surface area contributed by atoms with Gasteiger partial charge >= 0.3 is 17.9 Å². The van der Waals surface area contributed by atoms with Crippen molar-refractivity contribution < 1.29 is 34.8 Å². The first-order chi connectivity index (χ1) is 12.9. The van der Waals surface area contributed by atoms with Crippen LogP contribution in [0.2, 0.25) is 0 Å². The van der Waals surface area contributed by atoms with E-state index in [9.17, 15) is 14.4 Å². The van der Waals surface area contributed by atoms with Gasteiger partial charge in [0.25, 0.3) is 0 Å². The van der Waals surface area contributed by atoms with E-state index < -0.39 is 36.0 Å². The average Bonchev–Trinajstić information content (AvgIpc) is 2.63. The predicted molar refractivity (Wildman–Crippen MR) is 107 cm³/mol. The highest BCUT2D eigenvalue weighted by Crippen LogP contribution is 2.04. The second kappa shape index (κ2) is 18.6. The molecule has 0 aromatic carbocycles. The molecule has 0 spiro atoms. The van der Waals surface area contributed by atoms with Gasteiger partial charge in [-0.05, 0) is 31.2 Å². The van der Waals surface area contributed by atoms with Crippen molar-refractivity contribution in [2.45, 2.75) is 72.0 Å². The van der Waals surface area contributed by atoms with Crippen molar-refractivity contribution in [3.8, 4) is 0 Å². The van der Waals surface area contributed by atoms with E-state index >= 15 is 0 Å². The van der Waals surface area contributed by atoms with Crippen LogP contribution in [0.25, 0.3) is 0 Å². The van der Waals surface area contributed by atoms with Gasteiger partial charge in [-0.2, -0.15) is 0 Å². The zero-order chi connectivity index (χ0) is 22.9. The summed E-state index contributed by atoms with van der Waals surface area (Å²) in [5.74, 6) is -2.65. The fraction of sp³-hybridized carbons (Fsp3) is 0.833. The predicted octanol–water partition coefficient (Wildman–Crippen LogP) is 0.320. The van der Waals surface area contributed by atoms with Gasteiger partial charge in [0.15, 0.2) is 0 Å². The topological polar surface area (TPSA) is 196 Å². The third kappa shape index (κ3) is 17.7. The standard InChI is InChI=1S/C7H15NO3.C6H13NO2.C5H11NO2/c1-2-4-8-6(3-5-9)7(10)11;1-3-4(2)5(7)6(8)9;1-3(2)4(6)5(7)8/h6,8-9H,2-5H2,1H3,(H,10,11);4-5H,3,7H2,1-2H3,(H,8,9);3-4H,6H2,1-2H3,(H,7,8). The van der Waals surface area contributed by atoms with Crippen LogP contribution in [-0.4, -0.2) is 69.6 Å². The number of rotatable bonds is 11. The summed E-state index contributed by atoms with van der Waals surface area (Å²) >= 11 is 0. The Balaban J connectivity index is -0.000000340. The Morgan fingerprint density at radius 2 is 1.36 bits per heavy atom. The fourth-order valence-electron chi connectivity index (χ4n) is 1.54. The molecule has 0 saturated carbocycles. The third-order valence-corrected chi connectivity index (χ3v) is 3.90. The molecule has 4 unspecified atom stereocenters. The first-order valence-corrected chi connectivity index (χ1v) is 9.40. The second-order valence-corrected chi connectivity index (χ2v) is 6.71. The molecule has 0 radical (unpaired) electrons. The molecule has 0 amide bonds. The molecule has 9 N–H and O–H groups in total. The Kier molecular flexibility index (Phi) is 20.6. The minimum Gasteiger partial charge on any atom is -0.480 e. The molecule has 4 atom stereocenters. The van der Waals surface area contributed by atoms with Gasteiger partial charge in [0.1, 0.15) is 18.1 Å². The van der Waals surface area contributed by atoms with E-state index in [0.717, 1.165) is 12.8 Å². The molecule has 0 saturated heterocycles. The number of nitrogens with one attached hydrogen (secondary N) is 1. The van der Waals surface area contributed by atoms with Crippen LogP contribution in [0, 0.1) is 11.8 Å². The summed E-state index contributed by atoms with van der Waals surface area (Å²) in [6, 6.07) is -2.01. The highest BCUT2D eigenvalue weighted by atomic mass is 16.4. The minimum atomic E-state index is -0.931. The molecule has 10 heteroatoms. The molecule has 10 nitrogen and oxygen atoms in total. The molecule has 0 fully saturated rings. The molecule has 28 heavy (non-hydrogen) atoms. The number of aliphatic hydroxyl groups excluding tert-OH is 1. The van der Waals surface area contributed by atoms with Crippen LogP contribution in [0.5, 0.6) is 0 Å². The number of hydrogen-bond acceptors (Lipinski definition) is 7. The van der Waals surface area contributed by atoms with Crippen molar-refractivity contribution in [3.05, 3.63) is 0 Å². The SMILES string of the molecule is CC(C)C(N)C(=O)O.CCC(C)C(N)C(=O)O.CCCNC(CCO)C(=O)O. The fourth-order valence-corrected chi connectivity index (χ4v) is 1.54.